The normalized spacial score (nSPS) is 13.5. The number of carbonyl (C=O) groups is 2. The molecular formula is C28H30N6O4S3. The van der Waals surface area contributed by atoms with Crippen LogP contribution in [0.4, 0.5) is 10.3 Å². The van der Waals surface area contributed by atoms with Gasteiger partial charge in [0.05, 0.1) is 24.3 Å². The van der Waals surface area contributed by atoms with Crippen LogP contribution < -0.4 is 10.6 Å². The monoisotopic (exact) mass is 610 g/mol. The van der Waals surface area contributed by atoms with Gasteiger partial charge >= 0.3 is 0 Å². The summed E-state index contributed by atoms with van der Waals surface area (Å²) >= 11 is 2.34. The Morgan fingerprint density at radius 2 is 1.24 bits per heavy atom. The van der Waals surface area contributed by atoms with E-state index in [1.165, 1.54) is 36.2 Å². The molecule has 1 fully saturated rings. The van der Waals surface area contributed by atoms with Gasteiger partial charge in [-0.2, -0.15) is 0 Å². The number of carbonyl (C=O) groups excluding carboxylic acids is 2. The number of rotatable bonds is 13. The summed E-state index contributed by atoms with van der Waals surface area (Å²) in [5.41, 5.74) is 3.15. The zero-order valence-electron chi connectivity index (χ0n) is 22.3. The van der Waals surface area contributed by atoms with Crippen molar-refractivity contribution in [3.63, 3.8) is 0 Å². The number of nitrogens with zero attached hydrogens (tertiary/aromatic N) is 4. The number of anilines is 2. The largest absolute Gasteiger partial charge is 0.300 e. The minimum absolute atomic E-state index is 0.0948. The van der Waals surface area contributed by atoms with Crippen molar-refractivity contribution in [3.8, 4) is 0 Å². The van der Waals surface area contributed by atoms with Gasteiger partial charge in [-0.25, -0.2) is 8.42 Å². The van der Waals surface area contributed by atoms with Crippen molar-refractivity contribution < 1.29 is 18.0 Å². The number of benzene rings is 2. The van der Waals surface area contributed by atoms with Crippen molar-refractivity contribution in [3.05, 3.63) is 81.3 Å². The van der Waals surface area contributed by atoms with Crippen LogP contribution in [0.5, 0.6) is 0 Å². The van der Waals surface area contributed by atoms with Crippen LogP contribution in [0.2, 0.25) is 0 Å². The van der Waals surface area contributed by atoms with E-state index in [4.69, 9.17) is 0 Å². The molecule has 2 amide bonds. The molecule has 5 rings (SSSR count). The van der Waals surface area contributed by atoms with Crippen LogP contribution in [0.1, 0.15) is 51.9 Å². The lowest BCUT2D eigenvalue weighted by molar-refractivity contribution is -0.116. The summed E-state index contributed by atoms with van der Waals surface area (Å²) in [4.78, 5) is 24.7. The van der Waals surface area contributed by atoms with Crippen molar-refractivity contribution in [2.24, 2.45) is 0 Å². The van der Waals surface area contributed by atoms with Crippen molar-refractivity contribution in [2.75, 3.05) is 22.1 Å². The smallest absolute Gasteiger partial charge is 0.230 e. The Kier molecular flexibility index (Phi) is 9.47. The lowest BCUT2D eigenvalue weighted by Crippen LogP contribution is -2.15. The second kappa shape index (κ2) is 13.4. The minimum Gasteiger partial charge on any atom is -0.300 e. The molecule has 1 aliphatic carbocycles. The molecule has 1 saturated carbocycles. The fourth-order valence-corrected chi connectivity index (χ4v) is 7.32. The van der Waals surface area contributed by atoms with Gasteiger partial charge in [-0.15, -0.1) is 20.4 Å². The number of hydrogen-bond acceptors (Lipinski definition) is 10. The predicted octanol–water partition coefficient (Wildman–Crippen LogP) is 4.22. The minimum atomic E-state index is -3.39. The average Bonchev–Trinajstić information content (AvgIpc) is 3.56. The van der Waals surface area contributed by atoms with Crippen LogP contribution in [0.25, 0.3) is 0 Å². The summed E-state index contributed by atoms with van der Waals surface area (Å²) < 4.78 is 25.2. The SMILES string of the molecule is O=C(Cc1ccccc1)Nc1nnc(CCS(=O)(=O)CCc2nnc(NC(=O)Cc3ccc(C4CCC4)cc3)s2)s1. The molecule has 4 aromatic rings. The Labute approximate surface area is 246 Å². The summed E-state index contributed by atoms with van der Waals surface area (Å²) in [7, 11) is -3.39. The third-order valence-corrected chi connectivity index (χ3v) is 10.3. The van der Waals surface area contributed by atoms with Crippen LogP contribution in [-0.2, 0) is 45.1 Å². The van der Waals surface area contributed by atoms with Crippen LogP contribution in [0.3, 0.4) is 0 Å². The molecule has 0 atom stereocenters. The van der Waals surface area contributed by atoms with E-state index in [-0.39, 0.29) is 49.0 Å². The summed E-state index contributed by atoms with van der Waals surface area (Å²) in [6, 6.07) is 17.5. The third-order valence-electron chi connectivity index (χ3n) is 6.81. The maximum atomic E-state index is 12.6. The molecule has 0 saturated heterocycles. The number of aromatic nitrogens is 4. The molecular weight excluding hydrogens is 581 g/mol. The first kappa shape index (κ1) is 29.0. The van der Waals surface area contributed by atoms with Crippen molar-refractivity contribution in [2.45, 2.75) is 50.9 Å². The molecule has 0 spiro atoms. The first-order valence-corrected chi connectivity index (χ1v) is 16.8. The number of aryl methyl sites for hydroxylation is 2. The van der Waals surface area contributed by atoms with Gasteiger partial charge in [0.1, 0.15) is 10.0 Å². The van der Waals surface area contributed by atoms with E-state index in [2.05, 4.69) is 43.2 Å². The number of amides is 2. The molecule has 41 heavy (non-hydrogen) atoms. The molecule has 2 aromatic carbocycles. The number of hydrogen-bond donors (Lipinski definition) is 2. The van der Waals surface area contributed by atoms with E-state index in [0.29, 0.717) is 26.2 Å². The Bertz CT molecular complexity index is 1580. The quantitative estimate of drug-likeness (QED) is 0.229. The average molecular weight is 611 g/mol. The molecule has 214 valence electrons. The molecule has 0 bridgehead atoms. The van der Waals surface area contributed by atoms with Crippen LogP contribution in [0.15, 0.2) is 54.6 Å². The van der Waals surface area contributed by atoms with Gasteiger partial charge in [0.25, 0.3) is 0 Å². The summed E-state index contributed by atoms with van der Waals surface area (Å²) in [5, 5.41) is 23.2. The summed E-state index contributed by atoms with van der Waals surface area (Å²) in [6.07, 6.45) is 4.62. The van der Waals surface area contributed by atoms with E-state index in [9.17, 15) is 18.0 Å². The van der Waals surface area contributed by atoms with Crippen molar-refractivity contribution >= 4 is 54.6 Å². The molecule has 10 nitrogen and oxygen atoms in total. The highest BCUT2D eigenvalue weighted by molar-refractivity contribution is 7.91. The molecule has 1 aliphatic rings. The molecule has 0 radical (unpaired) electrons. The molecule has 2 N–H and O–H groups in total. The predicted molar refractivity (Wildman–Crippen MR) is 160 cm³/mol. The first-order chi connectivity index (χ1) is 19.8. The summed E-state index contributed by atoms with van der Waals surface area (Å²) in [6.45, 7) is 0. The molecule has 2 heterocycles. The van der Waals surface area contributed by atoms with Gasteiger partial charge < -0.3 is 10.6 Å². The highest BCUT2D eigenvalue weighted by Gasteiger charge is 2.20. The zero-order chi connectivity index (χ0) is 28.7. The highest BCUT2D eigenvalue weighted by Crippen LogP contribution is 2.36. The zero-order valence-corrected chi connectivity index (χ0v) is 24.7. The Balaban J connectivity index is 1.03. The fourth-order valence-electron chi connectivity index (χ4n) is 4.34. The van der Waals surface area contributed by atoms with Crippen molar-refractivity contribution in [1.82, 2.24) is 20.4 Å². The maximum Gasteiger partial charge on any atom is 0.230 e. The Hall–Kier alpha value is -3.55. The van der Waals surface area contributed by atoms with E-state index in [0.717, 1.165) is 22.5 Å². The Morgan fingerprint density at radius 3 is 1.73 bits per heavy atom. The third kappa shape index (κ3) is 8.72. The standard InChI is InChI=1S/C28H30N6O4S3/c35-23(17-19-5-2-1-3-6-19)29-27-33-31-25(39-27)13-15-41(37,38)16-14-26-32-34-28(40-26)30-24(36)18-20-9-11-22(12-10-20)21-7-4-8-21/h1-3,5-6,9-12,21H,4,7-8,13-18H2,(H,29,33,35)(H,30,34,36). The number of nitrogens with one attached hydrogen (secondary N) is 2. The van der Waals surface area contributed by atoms with Gasteiger partial charge in [0, 0.05) is 12.8 Å². The lowest BCUT2D eigenvalue weighted by Gasteiger charge is -2.25. The molecule has 13 heteroatoms. The van der Waals surface area contributed by atoms with Crippen molar-refractivity contribution in [1.29, 1.82) is 0 Å². The van der Waals surface area contributed by atoms with E-state index in [1.807, 2.05) is 42.5 Å². The fraction of sp³-hybridized carbons (Fsp3) is 0.357. The van der Waals surface area contributed by atoms with E-state index >= 15 is 0 Å². The second-order valence-corrected chi connectivity index (χ2v) is 14.4. The second-order valence-electron chi connectivity index (χ2n) is 9.96. The van der Waals surface area contributed by atoms with Crippen LogP contribution >= 0.6 is 22.7 Å². The summed E-state index contributed by atoms with van der Waals surface area (Å²) in [5.74, 6) is 0.0638. The number of sulfone groups is 1. The maximum absolute atomic E-state index is 12.6. The van der Waals surface area contributed by atoms with Gasteiger partial charge in [0.2, 0.25) is 22.1 Å². The van der Waals surface area contributed by atoms with Crippen LogP contribution in [-0.4, -0.2) is 52.1 Å². The topological polar surface area (TPSA) is 144 Å². The molecule has 0 aliphatic heterocycles. The highest BCUT2D eigenvalue weighted by atomic mass is 32.2. The van der Waals surface area contributed by atoms with E-state index in [1.54, 1.807) is 0 Å². The van der Waals surface area contributed by atoms with Crippen LogP contribution in [0, 0.1) is 0 Å². The van der Waals surface area contributed by atoms with Gasteiger partial charge in [-0.05, 0) is 35.4 Å². The van der Waals surface area contributed by atoms with E-state index < -0.39 is 9.84 Å². The first-order valence-electron chi connectivity index (χ1n) is 13.4. The van der Waals surface area contributed by atoms with Gasteiger partial charge in [-0.1, -0.05) is 83.7 Å². The molecule has 2 aromatic heterocycles. The molecule has 0 unspecified atom stereocenters. The Morgan fingerprint density at radius 1 is 0.732 bits per heavy atom. The van der Waals surface area contributed by atoms with Gasteiger partial charge in [0.15, 0.2) is 9.84 Å². The lowest BCUT2D eigenvalue weighted by atomic mass is 9.80. The van der Waals surface area contributed by atoms with Gasteiger partial charge in [-0.3, -0.25) is 9.59 Å².